The molecule has 14 aliphatic heterocycles. The van der Waals surface area contributed by atoms with Gasteiger partial charge in [0.1, 0.15) is 48.0 Å². The zero-order chi connectivity index (χ0) is 94.2. The van der Waals surface area contributed by atoms with Crippen molar-refractivity contribution >= 4 is 75.6 Å². The van der Waals surface area contributed by atoms with E-state index in [9.17, 15) is 34.8 Å². The molecule has 0 aliphatic carbocycles. The Balaban J connectivity index is 0.000000203. The standard InChI is InChI=1S/C48H56N4O12S.C45H50N4O12S.C3H7Br.2CH4/c1-22(2)61-43-34-27(14-23(3)39(43)57-11)15-29-30(18-49)52-31-19-58-45(54)48(28-17-32(56-10)33(16-26(28)12-13-50-48)63-46(55)64-47(6,7)8)20-65-44(38(52)37(34)51(29)9)36-35(31)42-41(59-21-60-42)24(4)40(36)62-25(5)53;1-20-12-24-13-26-27(16-46)49-28-17-56-42(52)45(25-15-29(54-8)30(14-23(25)10-11-47-45)60-43(53)61-44(4,5)6)18-62-41(35(49)34(48(26)7)31(24)36(51)37(20)55-9)33-32(28)40-39(57-19-58-40)21(2)38(33)59-22(3)50;1-3(2)4;;/h14,16-17,22,29-31,37-38,44,50H,12-13,15,19-21H2,1-11H3;12,14-15,26-28,34-35,41,47,51H,10-11,13,17-19H2,1-9H3;3H,1-2H3;2*1H4/t29-,30-,31-,37+,38?,44+,48+;26-,27-,28-,34+,35?,41+,45+;;;/m00.../s1. The summed E-state index contributed by atoms with van der Waals surface area (Å²) >= 11 is 6.23. The van der Waals surface area contributed by atoms with Crippen LogP contribution in [-0.4, -0.2) is 213 Å². The second kappa shape index (κ2) is 37.7. The number of carbonyl (C=O) groups excluding carboxylic acids is 6. The van der Waals surface area contributed by atoms with Crippen molar-refractivity contribution in [3.63, 3.8) is 0 Å². The lowest BCUT2D eigenvalue weighted by atomic mass is 9.71. The third-order valence-corrected chi connectivity index (χ3v) is 29.3. The molecule has 3 N–H and O–H groups in total. The van der Waals surface area contributed by atoms with Crippen LogP contribution in [0.4, 0.5) is 9.59 Å². The van der Waals surface area contributed by atoms with Crippen LogP contribution < -0.4 is 72.2 Å². The number of aromatic hydroxyl groups is 1. The summed E-state index contributed by atoms with van der Waals surface area (Å²) in [7, 11) is 10.1. The van der Waals surface area contributed by atoms with Gasteiger partial charge in [-0.2, -0.15) is 10.5 Å². The number of alkyl halides is 1. The minimum Gasteiger partial charge on any atom is -0.504 e. The number of halogens is 1. The molecule has 0 amide bonds. The van der Waals surface area contributed by atoms with Crippen molar-refractivity contribution in [1.29, 1.82) is 10.5 Å². The van der Waals surface area contributed by atoms with Gasteiger partial charge in [0, 0.05) is 112 Å². The predicted molar refractivity (Wildman–Crippen MR) is 498 cm³/mol. The number of likely N-dealkylation sites (N-methyl/N-ethyl adjacent to an activating group) is 2. The van der Waals surface area contributed by atoms with Crippen molar-refractivity contribution in [3.05, 3.63) is 125 Å². The molecule has 6 aromatic rings. The van der Waals surface area contributed by atoms with E-state index in [1.807, 2.05) is 54.7 Å². The molecule has 8 bridgehead atoms. The number of aryl methyl sites for hydroxylation is 2. The first-order valence-corrected chi connectivity index (χ1v) is 47.0. The average molecular weight is 1940 g/mol. The van der Waals surface area contributed by atoms with Crippen LogP contribution in [0.3, 0.4) is 0 Å². The monoisotopic (exact) mass is 1940 g/mol. The molecule has 6 aromatic carbocycles. The lowest BCUT2D eigenvalue weighted by Crippen LogP contribution is -2.69. The van der Waals surface area contributed by atoms with Gasteiger partial charge in [0.05, 0.1) is 81.3 Å². The van der Waals surface area contributed by atoms with Gasteiger partial charge in [-0.15, -0.1) is 23.5 Å². The van der Waals surface area contributed by atoms with E-state index in [2.05, 4.69) is 85.3 Å². The second-order valence-corrected chi connectivity index (χ2v) is 41.5. The van der Waals surface area contributed by atoms with E-state index in [0.717, 1.165) is 38.9 Å². The largest absolute Gasteiger partial charge is 0.514 e. The van der Waals surface area contributed by atoms with Crippen molar-refractivity contribution in [1.82, 2.24) is 30.2 Å². The maximum atomic E-state index is 15.2. The highest BCUT2D eigenvalue weighted by molar-refractivity contribution is 9.09. The first kappa shape index (κ1) is 98.6. The zero-order valence-corrected chi connectivity index (χ0v) is 81.0. The van der Waals surface area contributed by atoms with E-state index in [-0.39, 0.29) is 100 Å². The Labute approximate surface area is 793 Å². The Hall–Kier alpha value is -10.3. The number of fused-ring (bicyclic) bond motifs is 18. The number of nitriles is 2. The Morgan fingerprint density at radius 2 is 0.917 bits per heavy atom. The number of hydrogen-bond donors (Lipinski definition) is 3. The predicted octanol–water partition coefficient (Wildman–Crippen LogP) is 15.3. The molecule has 14 aliphatic rings. The van der Waals surface area contributed by atoms with Crippen LogP contribution in [-0.2, 0) is 74.9 Å². The van der Waals surface area contributed by atoms with Crippen molar-refractivity contribution < 1.29 is 114 Å². The number of piperazine rings is 2. The number of methoxy groups -OCH3 is 4. The summed E-state index contributed by atoms with van der Waals surface area (Å²) in [5, 5.41) is 40.6. The number of phenolic OH excluding ortho intramolecular Hbond substituents is 1. The number of nitrogens with one attached hydrogen (secondary N) is 2. The van der Waals surface area contributed by atoms with Gasteiger partial charge in [-0.3, -0.25) is 39.8 Å². The molecular weight excluding hydrogens is 1820 g/mol. The van der Waals surface area contributed by atoms with E-state index in [4.69, 9.17) is 80.5 Å². The molecule has 133 heavy (non-hydrogen) atoms. The van der Waals surface area contributed by atoms with E-state index >= 15 is 9.59 Å². The van der Waals surface area contributed by atoms with Crippen molar-refractivity contribution in [2.24, 2.45) is 0 Å². The molecule has 2 spiro atoms. The molecule has 35 heteroatoms. The quantitative estimate of drug-likeness (QED) is 0.0377. The van der Waals surface area contributed by atoms with Crippen LogP contribution in [0.1, 0.15) is 222 Å². The first-order valence-electron chi connectivity index (χ1n) is 44.0. The molecule has 4 fully saturated rings. The third kappa shape index (κ3) is 17.0. The van der Waals surface area contributed by atoms with Gasteiger partial charge in [0.25, 0.3) is 0 Å². The van der Waals surface area contributed by atoms with E-state index < -0.39 is 117 Å². The lowest BCUT2D eigenvalue weighted by Gasteiger charge is -2.62. The topological polar surface area (TPSA) is 364 Å². The summed E-state index contributed by atoms with van der Waals surface area (Å²) in [6, 6.07) is 10.8. The second-order valence-electron chi connectivity index (χ2n) is 37.4. The van der Waals surface area contributed by atoms with Crippen molar-refractivity contribution in [2.45, 2.75) is 255 Å². The highest BCUT2D eigenvalue weighted by atomic mass is 79.9. The third-order valence-electron chi connectivity index (χ3n) is 26.3. The van der Waals surface area contributed by atoms with Gasteiger partial charge in [-0.05, 0) is 192 Å². The molecule has 14 heterocycles. The van der Waals surface area contributed by atoms with Crippen molar-refractivity contribution in [2.75, 3.05) is 93.9 Å². The first-order chi connectivity index (χ1) is 62.2. The normalized spacial score (nSPS) is 25.9. The van der Waals surface area contributed by atoms with Crippen LogP contribution in [0.25, 0.3) is 0 Å². The van der Waals surface area contributed by atoms with Crippen LogP contribution in [0.15, 0.2) is 36.4 Å². The number of hydrogen-bond acceptors (Lipinski definition) is 34. The summed E-state index contributed by atoms with van der Waals surface area (Å²) in [6.07, 6.45) is 0.0333. The Morgan fingerprint density at radius 1 is 0.526 bits per heavy atom. The molecule has 716 valence electrons. The fourth-order valence-electron chi connectivity index (χ4n) is 21.6. The number of benzene rings is 6. The molecule has 0 aromatic heterocycles. The van der Waals surface area contributed by atoms with Crippen LogP contribution in [0.2, 0.25) is 0 Å². The summed E-state index contributed by atoms with van der Waals surface area (Å²) in [4.78, 5) is 91.7. The maximum absolute atomic E-state index is 15.2. The molecule has 4 saturated heterocycles. The summed E-state index contributed by atoms with van der Waals surface area (Å²) < 4.78 is 103. The smallest absolute Gasteiger partial charge is 0.504 e. The SMILES string of the molecule is C.C.CC(C)Br.COc1cc2c(cc1OC(=O)OC(C)(C)C)CCN[C@]21CS[C@@H]2c3c(OC(C)=O)c(C)c4c(c3[C@H](COC1=O)N1C2[C@H]2c3c(cc(C)c(OC)c3O)C[C@@H]([C@@H]1C#N)N2C)OCO4.COc1cc2c(cc1OC(=O)OC(C)(C)C)CCN[C@]21CS[C@@H]2c3c(OC(C)=O)c(C)c4c(c3[C@H](COC1=O)N1C2[C@H]2c3c(cc(C)c(OC)c3OC(C)C)C[C@@H]([C@@H]1C#N)N2C)OCO4. The number of thioether (sulfide) groups is 2. The number of phenols is 1. The maximum Gasteiger partial charge on any atom is 0.514 e. The Kier molecular flexibility index (Phi) is 28.0. The number of nitrogens with zero attached hydrogens (tertiary/aromatic N) is 6. The number of carbonyl (C=O) groups is 6. The van der Waals surface area contributed by atoms with Crippen LogP contribution >= 0.6 is 39.5 Å². The average Bonchev–Trinajstić information content (AvgIpc) is 1.58. The van der Waals surface area contributed by atoms with Gasteiger partial charge in [0.2, 0.25) is 13.6 Å². The zero-order valence-electron chi connectivity index (χ0n) is 77.7. The number of rotatable bonds is 10. The number of ether oxygens (including phenoxy) is 17. The van der Waals surface area contributed by atoms with E-state index in [0.29, 0.717) is 145 Å². The molecule has 0 radical (unpaired) electrons. The number of esters is 4. The molecule has 0 saturated carbocycles. The van der Waals surface area contributed by atoms with Gasteiger partial charge in [-0.25, -0.2) is 19.2 Å². The van der Waals surface area contributed by atoms with Crippen molar-refractivity contribution in [3.8, 4) is 92.6 Å². The minimum absolute atomic E-state index is 0. The summed E-state index contributed by atoms with van der Waals surface area (Å²) in [6.45, 7) is 29.1. The minimum atomic E-state index is -1.45. The van der Waals surface area contributed by atoms with Gasteiger partial charge in [-0.1, -0.05) is 56.8 Å². The molecule has 32 nitrogen and oxygen atoms in total. The van der Waals surface area contributed by atoms with E-state index in [1.165, 1.54) is 58.7 Å². The van der Waals surface area contributed by atoms with Crippen LogP contribution in [0, 0.1) is 50.4 Å². The Morgan fingerprint density at radius 3 is 1.29 bits per heavy atom. The molecule has 14 atom stereocenters. The van der Waals surface area contributed by atoms with Gasteiger partial charge >= 0.3 is 36.2 Å². The van der Waals surface area contributed by atoms with Gasteiger partial charge < -0.3 is 85.6 Å². The summed E-state index contributed by atoms with van der Waals surface area (Å²) in [5.41, 5.74) is 7.35. The Bertz CT molecular complexity index is 5740. The fourth-order valence-corrected chi connectivity index (χ4v) is 24.9. The van der Waals surface area contributed by atoms with Gasteiger partial charge in [0.15, 0.2) is 80.1 Å². The van der Waals surface area contributed by atoms with E-state index in [1.54, 1.807) is 72.9 Å². The molecule has 2 unspecified atom stereocenters. The summed E-state index contributed by atoms with van der Waals surface area (Å²) in [5.74, 6) is 2.90. The molecule has 20 rings (SSSR count). The highest BCUT2D eigenvalue weighted by Crippen LogP contribution is 2.68. The van der Waals surface area contributed by atoms with Crippen LogP contribution in [0.5, 0.6) is 80.5 Å². The molecular formula is C98H121BrN8O24S2. The fraction of sp³-hybridized carbons (Fsp3) is 0.551. The highest BCUT2D eigenvalue weighted by Gasteiger charge is 2.65. The lowest BCUT2D eigenvalue weighted by molar-refractivity contribution is -0.158.